The molecule has 0 spiro atoms. The highest BCUT2D eigenvalue weighted by Gasteiger charge is 2.38. The summed E-state index contributed by atoms with van der Waals surface area (Å²) >= 11 is 0. The van der Waals surface area contributed by atoms with Crippen LogP contribution in [-0.2, 0) is 24.8 Å². The van der Waals surface area contributed by atoms with Gasteiger partial charge < -0.3 is 15.0 Å². The van der Waals surface area contributed by atoms with Gasteiger partial charge in [0, 0.05) is 44.0 Å². The van der Waals surface area contributed by atoms with E-state index in [-0.39, 0.29) is 0 Å². The van der Waals surface area contributed by atoms with Crippen molar-refractivity contribution in [3.05, 3.63) is 47.4 Å². The third-order valence-electron chi connectivity index (χ3n) is 4.44. The highest BCUT2D eigenvalue weighted by atomic mass is 19.4. The summed E-state index contributed by atoms with van der Waals surface area (Å²) in [6.45, 7) is 4.09. The topological polar surface area (TPSA) is 71.6 Å². The number of hydrogen-bond donors (Lipinski definition) is 2. The minimum Gasteiger partial charge on any atom is -0.475 e. The van der Waals surface area contributed by atoms with Crippen molar-refractivity contribution in [2.75, 3.05) is 6.54 Å². The van der Waals surface area contributed by atoms with E-state index in [1.54, 1.807) is 0 Å². The fourth-order valence-electron chi connectivity index (χ4n) is 3.04. The molecule has 0 unspecified atom stereocenters. The Labute approximate surface area is 153 Å². The molecule has 0 fully saturated rings. The molecule has 3 heterocycles. The van der Waals surface area contributed by atoms with Gasteiger partial charge in [0.05, 0.1) is 11.4 Å². The Morgan fingerprint density at radius 2 is 1.85 bits per heavy atom. The Kier molecular flexibility index (Phi) is 4.97. The minimum atomic E-state index is -5.08. The maximum atomic E-state index is 10.6. The maximum Gasteiger partial charge on any atom is 0.490 e. The lowest BCUT2D eigenvalue weighted by Gasteiger charge is -2.14. The molecule has 6 nitrogen and oxygen atoms in total. The van der Waals surface area contributed by atoms with Crippen LogP contribution in [0, 0.1) is 6.92 Å². The third-order valence-corrected chi connectivity index (χ3v) is 4.44. The molecule has 0 bridgehead atoms. The summed E-state index contributed by atoms with van der Waals surface area (Å²) in [5.41, 5.74) is 6.25. The largest absolute Gasteiger partial charge is 0.490 e. The molecule has 0 aliphatic carbocycles. The quantitative estimate of drug-likeness (QED) is 0.681. The fourth-order valence-corrected chi connectivity index (χ4v) is 3.04. The number of halogens is 3. The lowest BCUT2D eigenvalue weighted by Crippen LogP contribution is -2.25. The van der Waals surface area contributed by atoms with Gasteiger partial charge in [-0.15, -0.1) is 0 Å². The van der Waals surface area contributed by atoms with E-state index in [2.05, 4.69) is 58.7 Å². The van der Waals surface area contributed by atoms with E-state index >= 15 is 0 Å². The summed E-state index contributed by atoms with van der Waals surface area (Å²) in [5, 5.41) is 10.6. The first-order valence-electron chi connectivity index (χ1n) is 8.32. The Morgan fingerprint density at radius 1 is 1.22 bits per heavy atom. The van der Waals surface area contributed by atoms with E-state index < -0.39 is 12.1 Å². The zero-order valence-corrected chi connectivity index (χ0v) is 14.8. The lowest BCUT2D eigenvalue weighted by molar-refractivity contribution is -0.192. The summed E-state index contributed by atoms with van der Waals surface area (Å²) in [4.78, 5) is 13.7. The van der Waals surface area contributed by atoms with Crippen molar-refractivity contribution in [3.63, 3.8) is 0 Å². The summed E-state index contributed by atoms with van der Waals surface area (Å²) in [6.07, 6.45) is -1.85. The van der Waals surface area contributed by atoms with Gasteiger partial charge in [-0.05, 0) is 6.92 Å². The van der Waals surface area contributed by atoms with Crippen LogP contribution in [0.4, 0.5) is 13.2 Å². The molecule has 0 atom stereocenters. The average molecular weight is 380 g/mol. The molecule has 144 valence electrons. The van der Waals surface area contributed by atoms with Crippen molar-refractivity contribution < 1.29 is 23.1 Å². The number of carbonyl (C=O) groups is 1. The molecule has 3 aromatic rings. The van der Waals surface area contributed by atoms with Gasteiger partial charge in [-0.1, -0.05) is 29.8 Å². The minimum absolute atomic E-state index is 0.927. The van der Waals surface area contributed by atoms with Gasteiger partial charge in [0.1, 0.15) is 0 Å². The number of nitrogens with one attached hydrogen (secondary N) is 1. The second-order valence-corrected chi connectivity index (χ2v) is 6.34. The molecule has 1 aromatic carbocycles. The summed E-state index contributed by atoms with van der Waals surface area (Å²) in [5.74, 6) is -1.72. The first-order chi connectivity index (χ1) is 12.7. The SMILES string of the molecule is Cc1ccc(-c2cn3c4c(n(C)c3n2)CCNC4)cc1.O=C(O)C(F)(F)F. The molecule has 1 aliphatic rings. The zero-order chi connectivity index (χ0) is 19.8. The molecule has 0 radical (unpaired) electrons. The number of rotatable bonds is 1. The summed E-state index contributed by atoms with van der Waals surface area (Å²) < 4.78 is 36.2. The number of carboxylic acids is 1. The zero-order valence-electron chi connectivity index (χ0n) is 14.8. The van der Waals surface area contributed by atoms with Crippen LogP contribution in [0.25, 0.3) is 17.0 Å². The third kappa shape index (κ3) is 3.82. The molecule has 2 aromatic heterocycles. The second-order valence-electron chi connectivity index (χ2n) is 6.34. The number of aromatic nitrogens is 3. The highest BCUT2D eigenvalue weighted by Crippen LogP contribution is 2.24. The fraction of sp³-hybridized carbons (Fsp3) is 0.333. The molecule has 1 aliphatic heterocycles. The van der Waals surface area contributed by atoms with Gasteiger partial charge in [0.2, 0.25) is 5.78 Å². The molecular weight excluding hydrogens is 361 g/mol. The molecule has 27 heavy (non-hydrogen) atoms. The first-order valence-corrected chi connectivity index (χ1v) is 8.32. The van der Waals surface area contributed by atoms with E-state index in [0.717, 1.165) is 31.0 Å². The number of hydrogen-bond acceptors (Lipinski definition) is 3. The Morgan fingerprint density at radius 3 is 2.44 bits per heavy atom. The maximum absolute atomic E-state index is 10.6. The lowest BCUT2D eigenvalue weighted by atomic mass is 10.1. The van der Waals surface area contributed by atoms with Gasteiger partial charge in [-0.25, -0.2) is 9.78 Å². The first kappa shape index (κ1) is 19.0. The van der Waals surface area contributed by atoms with Crippen molar-refractivity contribution in [3.8, 4) is 11.3 Å². The summed E-state index contributed by atoms with van der Waals surface area (Å²) in [6, 6.07) is 8.55. The van der Waals surface area contributed by atoms with Crippen molar-refractivity contribution in [2.24, 2.45) is 7.05 Å². The molecular formula is C18H19F3N4O2. The smallest absolute Gasteiger partial charge is 0.475 e. The van der Waals surface area contributed by atoms with Crippen molar-refractivity contribution in [1.29, 1.82) is 0 Å². The predicted molar refractivity (Wildman–Crippen MR) is 93.4 cm³/mol. The van der Waals surface area contributed by atoms with Crippen molar-refractivity contribution in [1.82, 2.24) is 19.3 Å². The predicted octanol–water partition coefficient (Wildman–Crippen LogP) is 2.93. The summed E-state index contributed by atoms with van der Waals surface area (Å²) in [7, 11) is 2.12. The standard InChI is InChI=1S/C16H18N4.C2HF3O2/c1-11-3-5-12(6-4-11)13-10-20-15-9-17-8-7-14(15)19(2)16(20)18-13;3-2(4,5)1(6)7/h3-6,10,17H,7-9H2,1-2H3;(H,6,7). The number of alkyl halides is 3. The molecule has 9 heteroatoms. The Hall–Kier alpha value is -2.81. The van der Waals surface area contributed by atoms with Crippen LogP contribution >= 0.6 is 0 Å². The van der Waals surface area contributed by atoms with E-state index in [9.17, 15) is 13.2 Å². The van der Waals surface area contributed by atoms with E-state index in [1.165, 1.54) is 22.5 Å². The van der Waals surface area contributed by atoms with Gasteiger partial charge in [0.15, 0.2) is 0 Å². The van der Waals surface area contributed by atoms with Crippen LogP contribution in [0.2, 0.25) is 0 Å². The van der Waals surface area contributed by atoms with E-state index in [4.69, 9.17) is 14.9 Å². The van der Waals surface area contributed by atoms with Crippen LogP contribution in [-0.4, -0.2) is 37.7 Å². The van der Waals surface area contributed by atoms with Crippen LogP contribution in [0.15, 0.2) is 30.5 Å². The van der Waals surface area contributed by atoms with Crippen molar-refractivity contribution in [2.45, 2.75) is 26.1 Å². The van der Waals surface area contributed by atoms with Gasteiger partial charge in [0.25, 0.3) is 0 Å². The average Bonchev–Trinajstić information content (AvgIpc) is 3.16. The Bertz CT molecular complexity index is 971. The molecule has 0 saturated carbocycles. The number of imidazole rings is 2. The van der Waals surface area contributed by atoms with Gasteiger partial charge in [-0.2, -0.15) is 13.2 Å². The van der Waals surface area contributed by atoms with Gasteiger partial charge >= 0.3 is 12.1 Å². The van der Waals surface area contributed by atoms with Crippen LogP contribution < -0.4 is 5.32 Å². The normalized spacial score (nSPS) is 13.8. The van der Waals surface area contributed by atoms with Crippen LogP contribution in [0.1, 0.15) is 17.0 Å². The second kappa shape index (κ2) is 7.07. The number of aliphatic carboxylic acids is 1. The molecule has 4 rings (SSSR count). The van der Waals surface area contributed by atoms with E-state index in [1.807, 2.05) is 0 Å². The number of fused-ring (bicyclic) bond motifs is 3. The number of benzene rings is 1. The molecule has 2 N–H and O–H groups in total. The van der Waals surface area contributed by atoms with Crippen LogP contribution in [0.5, 0.6) is 0 Å². The Balaban J connectivity index is 0.000000260. The number of aryl methyl sites for hydroxylation is 2. The molecule has 0 amide bonds. The highest BCUT2D eigenvalue weighted by molar-refractivity contribution is 5.73. The van der Waals surface area contributed by atoms with Crippen molar-refractivity contribution >= 4 is 11.7 Å². The van der Waals surface area contributed by atoms with Gasteiger partial charge in [-0.3, -0.25) is 4.40 Å². The number of carboxylic acid groups (broad SMARTS) is 1. The monoisotopic (exact) mass is 380 g/mol. The van der Waals surface area contributed by atoms with E-state index in [0.29, 0.717) is 0 Å². The van der Waals surface area contributed by atoms with Crippen LogP contribution in [0.3, 0.4) is 0 Å². The number of nitrogens with zero attached hydrogens (tertiary/aromatic N) is 3. The molecule has 0 saturated heterocycles.